The van der Waals surface area contributed by atoms with Gasteiger partial charge in [0.15, 0.2) is 0 Å². The van der Waals surface area contributed by atoms with Gasteiger partial charge in [0, 0.05) is 6.54 Å². The number of hydrogen-bond acceptors (Lipinski definition) is 3. The summed E-state index contributed by atoms with van der Waals surface area (Å²) in [5.74, 6) is -2.05. The molecule has 0 unspecified atom stereocenters. The molecule has 0 aromatic rings. The highest BCUT2D eigenvalue weighted by Gasteiger charge is 2.21. The minimum atomic E-state index is -1.12. The van der Waals surface area contributed by atoms with Crippen molar-refractivity contribution in [1.29, 1.82) is 0 Å². The van der Waals surface area contributed by atoms with E-state index in [1.54, 1.807) is 0 Å². The molecule has 0 spiro atoms. The minimum Gasteiger partial charge on any atom is -0.481 e. The highest BCUT2D eigenvalue weighted by Crippen LogP contribution is 2.01. The van der Waals surface area contributed by atoms with Crippen LogP contribution < -0.4 is 5.32 Å². The predicted octanol–water partition coefficient (Wildman–Crippen LogP) is -1.19. The van der Waals surface area contributed by atoms with Crippen LogP contribution in [0.1, 0.15) is 6.92 Å². The Morgan fingerprint density at radius 1 is 1.73 bits per heavy atom. The van der Waals surface area contributed by atoms with Crippen LogP contribution in [0.3, 0.4) is 0 Å². The molecule has 0 fully saturated rings. The van der Waals surface area contributed by atoms with E-state index in [0.717, 1.165) is 0 Å². The van der Waals surface area contributed by atoms with Crippen LogP contribution in [-0.4, -0.2) is 35.2 Å². The van der Waals surface area contributed by atoms with Gasteiger partial charge in [0.25, 0.3) is 0 Å². The zero-order chi connectivity index (χ0) is 8.85. The first-order valence-electron chi connectivity index (χ1n) is 3.17. The Hall–Kier alpha value is -1.10. The number of carboxylic acids is 1. The molecule has 0 rings (SSSR count). The Bertz CT molecular complexity index is 146. The van der Waals surface area contributed by atoms with Crippen LogP contribution in [-0.2, 0) is 9.59 Å². The number of aliphatic hydroxyl groups is 1. The van der Waals surface area contributed by atoms with Gasteiger partial charge in [-0.25, -0.2) is 0 Å². The maximum absolute atomic E-state index is 10.3. The number of carbonyl (C=O) groups excluding carboxylic acids is 1. The third-order valence-corrected chi connectivity index (χ3v) is 1.32. The Kier molecular flexibility index (Phi) is 4.21. The SMILES string of the molecule is C[C@@H](O)[C@H](CNC=O)C(=O)O. The van der Waals surface area contributed by atoms with Gasteiger partial charge < -0.3 is 15.5 Å². The largest absolute Gasteiger partial charge is 0.481 e. The fourth-order valence-corrected chi connectivity index (χ4v) is 0.639. The van der Waals surface area contributed by atoms with E-state index in [1.807, 2.05) is 0 Å². The molecule has 0 saturated heterocycles. The van der Waals surface area contributed by atoms with E-state index in [4.69, 9.17) is 10.2 Å². The van der Waals surface area contributed by atoms with Gasteiger partial charge in [0.1, 0.15) is 0 Å². The molecule has 64 valence electrons. The Labute approximate surface area is 64.0 Å². The summed E-state index contributed by atoms with van der Waals surface area (Å²) >= 11 is 0. The van der Waals surface area contributed by atoms with Crippen LogP contribution in [0.4, 0.5) is 0 Å². The lowest BCUT2D eigenvalue weighted by Crippen LogP contribution is -2.35. The van der Waals surface area contributed by atoms with E-state index >= 15 is 0 Å². The predicted molar refractivity (Wildman–Crippen MR) is 36.9 cm³/mol. The number of hydrogen-bond donors (Lipinski definition) is 3. The Morgan fingerprint density at radius 2 is 2.27 bits per heavy atom. The minimum absolute atomic E-state index is 0.0451. The molecule has 0 aromatic heterocycles. The summed E-state index contributed by atoms with van der Waals surface area (Å²) in [5.41, 5.74) is 0. The highest BCUT2D eigenvalue weighted by atomic mass is 16.4. The maximum atomic E-state index is 10.3. The molecule has 1 amide bonds. The van der Waals surface area contributed by atoms with Gasteiger partial charge in [-0.05, 0) is 6.92 Å². The second-order valence-electron chi connectivity index (χ2n) is 2.21. The number of aliphatic hydroxyl groups excluding tert-OH is 1. The van der Waals surface area contributed by atoms with Crippen LogP contribution in [0.15, 0.2) is 0 Å². The zero-order valence-corrected chi connectivity index (χ0v) is 6.15. The molecular formula is C6H11NO4. The van der Waals surface area contributed by atoms with Gasteiger partial charge in [-0.15, -0.1) is 0 Å². The number of nitrogens with one attached hydrogen (secondary N) is 1. The van der Waals surface area contributed by atoms with E-state index in [1.165, 1.54) is 6.92 Å². The van der Waals surface area contributed by atoms with Crippen molar-refractivity contribution < 1.29 is 19.8 Å². The van der Waals surface area contributed by atoms with Gasteiger partial charge in [0.2, 0.25) is 6.41 Å². The monoisotopic (exact) mass is 161 g/mol. The number of rotatable bonds is 5. The van der Waals surface area contributed by atoms with Crippen molar-refractivity contribution in [2.75, 3.05) is 6.54 Å². The molecule has 0 heterocycles. The first-order valence-corrected chi connectivity index (χ1v) is 3.17. The average Bonchev–Trinajstić information content (AvgIpc) is 1.87. The van der Waals surface area contributed by atoms with Crippen LogP contribution >= 0.6 is 0 Å². The standard InChI is InChI=1S/C6H11NO4/c1-4(9)5(6(10)11)2-7-3-8/h3-5,9H,2H2,1H3,(H,7,8)(H,10,11)/t4-,5+/m1/s1. The lowest BCUT2D eigenvalue weighted by Gasteiger charge is -2.13. The lowest BCUT2D eigenvalue weighted by atomic mass is 10.0. The number of carboxylic acid groups (broad SMARTS) is 1. The zero-order valence-electron chi connectivity index (χ0n) is 6.15. The summed E-state index contributed by atoms with van der Waals surface area (Å²) in [5, 5.41) is 19.5. The molecular weight excluding hydrogens is 150 g/mol. The molecule has 5 heteroatoms. The molecule has 0 aliphatic rings. The topological polar surface area (TPSA) is 86.6 Å². The van der Waals surface area contributed by atoms with Crippen molar-refractivity contribution in [3.63, 3.8) is 0 Å². The molecule has 11 heavy (non-hydrogen) atoms. The first-order chi connectivity index (χ1) is 5.09. The summed E-state index contributed by atoms with van der Waals surface area (Å²) in [6.45, 7) is 1.32. The van der Waals surface area contributed by atoms with Crippen molar-refractivity contribution in [3.05, 3.63) is 0 Å². The average molecular weight is 161 g/mol. The summed E-state index contributed by atoms with van der Waals surface area (Å²) in [7, 11) is 0. The van der Waals surface area contributed by atoms with Crippen molar-refractivity contribution >= 4 is 12.4 Å². The van der Waals surface area contributed by atoms with Gasteiger partial charge in [-0.3, -0.25) is 9.59 Å². The molecule has 3 N–H and O–H groups in total. The molecule has 5 nitrogen and oxygen atoms in total. The normalized spacial score (nSPS) is 15.1. The van der Waals surface area contributed by atoms with Crippen molar-refractivity contribution in [2.24, 2.45) is 5.92 Å². The molecule has 0 aliphatic heterocycles. The van der Waals surface area contributed by atoms with Gasteiger partial charge >= 0.3 is 5.97 Å². The van der Waals surface area contributed by atoms with Gasteiger partial charge in [0.05, 0.1) is 12.0 Å². The second kappa shape index (κ2) is 4.68. The van der Waals surface area contributed by atoms with Crippen LogP contribution in [0.25, 0.3) is 0 Å². The molecule has 0 radical (unpaired) electrons. The number of amides is 1. The quantitative estimate of drug-likeness (QED) is 0.443. The smallest absolute Gasteiger partial charge is 0.310 e. The maximum Gasteiger partial charge on any atom is 0.310 e. The molecule has 2 atom stereocenters. The van der Waals surface area contributed by atoms with E-state index in [9.17, 15) is 9.59 Å². The highest BCUT2D eigenvalue weighted by molar-refractivity contribution is 5.71. The van der Waals surface area contributed by atoms with Crippen LogP contribution in [0.2, 0.25) is 0 Å². The number of aliphatic carboxylic acids is 1. The summed E-state index contributed by atoms with van der Waals surface area (Å²) < 4.78 is 0. The Morgan fingerprint density at radius 3 is 2.55 bits per heavy atom. The Balaban J connectivity index is 3.89. The van der Waals surface area contributed by atoms with E-state index in [0.29, 0.717) is 6.41 Å². The van der Waals surface area contributed by atoms with E-state index in [-0.39, 0.29) is 6.54 Å². The summed E-state index contributed by atoms with van der Waals surface area (Å²) in [4.78, 5) is 20.1. The van der Waals surface area contributed by atoms with Crippen LogP contribution in [0, 0.1) is 5.92 Å². The third kappa shape index (κ3) is 3.57. The van der Waals surface area contributed by atoms with Crippen molar-refractivity contribution in [3.8, 4) is 0 Å². The van der Waals surface area contributed by atoms with E-state index < -0.39 is 18.0 Å². The second-order valence-corrected chi connectivity index (χ2v) is 2.21. The van der Waals surface area contributed by atoms with Gasteiger partial charge in [-0.2, -0.15) is 0 Å². The fraction of sp³-hybridized carbons (Fsp3) is 0.667. The van der Waals surface area contributed by atoms with Crippen LogP contribution in [0.5, 0.6) is 0 Å². The summed E-state index contributed by atoms with van der Waals surface area (Å²) in [6, 6.07) is 0. The lowest BCUT2D eigenvalue weighted by molar-refractivity contribution is -0.145. The van der Waals surface area contributed by atoms with Crippen molar-refractivity contribution in [1.82, 2.24) is 5.32 Å². The van der Waals surface area contributed by atoms with Crippen molar-refractivity contribution in [2.45, 2.75) is 13.0 Å². The first kappa shape index (κ1) is 9.90. The fourth-order valence-electron chi connectivity index (χ4n) is 0.639. The summed E-state index contributed by atoms with van der Waals surface area (Å²) in [6.07, 6.45) is -0.557. The molecule has 0 aromatic carbocycles. The molecule has 0 saturated carbocycles. The van der Waals surface area contributed by atoms with Gasteiger partial charge in [-0.1, -0.05) is 0 Å². The van der Waals surface area contributed by atoms with E-state index in [2.05, 4.69) is 5.32 Å². The molecule has 0 aliphatic carbocycles. The third-order valence-electron chi connectivity index (χ3n) is 1.32. The number of carbonyl (C=O) groups is 2. The molecule has 0 bridgehead atoms.